The number of hydrogen-bond donors (Lipinski definition) is 0. The Morgan fingerprint density at radius 1 is 1.33 bits per heavy atom. The summed E-state index contributed by atoms with van der Waals surface area (Å²) in [4.78, 5) is 24.4. The van der Waals surface area contributed by atoms with Crippen LogP contribution >= 0.6 is 0 Å². The van der Waals surface area contributed by atoms with Crippen LogP contribution in [0.25, 0.3) is 0 Å². The van der Waals surface area contributed by atoms with E-state index in [1.165, 1.54) is 4.90 Å². The van der Waals surface area contributed by atoms with Gasteiger partial charge in [-0.15, -0.1) is 0 Å². The van der Waals surface area contributed by atoms with E-state index in [9.17, 15) is 9.59 Å². The highest BCUT2D eigenvalue weighted by atomic mass is 16.6. The predicted octanol–water partition coefficient (Wildman–Crippen LogP) is -0.473. The molecular weight excluding hydrogens is 160 g/mol. The van der Waals surface area contributed by atoms with Crippen molar-refractivity contribution in [1.82, 2.24) is 9.80 Å². The quantitative estimate of drug-likeness (QED) is 0.396. The number of carbonyl (C=O) groups excluding carboxylic acids is 2. The van der Waals surface area contributed by atoms with Crippen molar-refractivity contribution in [2.75, 3.05) is 33.2 Å². The molecule has 0 unspecified atom stereocenters. The number of piperazine rings is 1. The van der Waals surface area contributed by atoms with Gasteiger partial charge in [0.1, 0.15) is 0 Å². The number of amides is 1. The van der Waals surface area contributed by atoms with Gasteiger partial charge in [0, 0.05) is 26.2 Å². The lowest BCUT2D eigenvalue weighted by Gasteiger charge is -2.30. The largest absolute Gasteiger partial charge is 0.417 e. The first-order valence-electron chi connectivity index (χ1n) is 3.82. The fourth-order valence-electron chi connectivity index (χ4n) is 1.10. The third kappa shape index (κ3) is 2.20. The lowest BCUT2D eigenvalue weighted by molar-refractivity contribution is -0.124. The van der Waals surface area contributed by atoms with Gasteiger partial charge in [0.15, 0.2) is 0 Å². The Morgan fingerprint density at radius 3 is 2.42 bits per heavy atom. The zero-order valence-electron chi connectivity index (χ0n) is 7.02. The normalized spacial score (nSPS) is 18.9. The molecule has 12 heavy (non-hydrogen) atoms. The van der Waals surface area contributed by atoms with Gasteiger partial charge in [0.25, 0.3) is 0 Å². The topological polar surface area (TPSA) is 49.9 Å². The maximum Gasteiger partial charge on any atom is 0.417 e. The summed E-state index contributed by atoms with van der Waals surface area (Å²) in [6.45, 7) is 3.08. The molecule has 0 bridgehead atoms. The summed E-state index contributed by atoms with van der Waals surface area (Å²) in [5.74, 6) is 0. The molecule has 5 nitrogen and oxygen atoms in total. The highest BCUT2D eigenvalue weighted by Crippen LogP contribution is 2.00. The molecule has 1 aliphatic rings. The Hall–Kier alpha value is -1.10. The summed E-state index contributed by atoms with van der Waals surface area (Å²) >= 11 is 0. The van der Waals surface area contributed by atoms with Crippen LogP contribution < -0.4 is 0 Å². The number of ether oxygens (including phenoxy) is 1. The predicted molar refractivity (Wildman–Crippen MR) is 41.6 cm³/mol. The lowest BCUT2D eigenvalue weighted by atomic mass is 10.3. The average Bonchev–Trinajstić information content (AvgIpc) is 2.06. The van der Waals surface area contributed by atoms with Crippen molar-refractivity contribution < 1.29 is 14.3 Å². The summed E-state index contributed by atoms with van der Waals surface area (Å²) < 4.78 is 4.20. The first-order chi connectivity index (χ1) is 5.74. The van der Waals surface area contributed by atoms with E-state index in [4.69, 9.17) is 0 Å². The SMILES string of the molecule is CN1CCN(C(=O)OC=O)CC1. The summed E-state index contributed by atoms with van der Waals surface area (Å²) in [7, 11) is 1.99. The van der Waals surface area contributed by atoms with E-state index >= 15 is 0 Å². The van der Waals surface area contributed by atoms with E-state index in [2.05, 4.69) is 9.64 Å². The monoisotopic (exact) mass is 172 g/mol. The van der Waals surface area contributed by atoms with E-state index in [0.29, 0.717) is 13.1 Å². The molecule has 0 atom stereocenters. The van der Waals surface area contributed by atoms with Gasteiger partial charge in [0.2, 0.25) is 0 Å². The minimum atomic E-state index is -0.543. The molecule has 0 aromatic heterocycles. The fourth-order valence-corrected chi connectivity index (χ4v) is 1.10. The fraction of sp³-hybridized carbons (Fsp3) is 0.714. The summed E-state index contributed by atoms with van der Waals surface area (Å²) in [5, 5.41) is 0. The molecule has 0 N–H and O–H groups in total. The Labute approximate surface area is 70.9 Å². The van der Waals surface area contributed by atoms with Crippen LogP contribution in [0.5, 0.6) is 0 Å². The third-order valence-electron chi connectivity index (χ3n) is 1.91. The van der Waals surface area contributed by atoms with Gasteiger partial charge in [0.05, 0.1) is 0 Å². The molecule has 0 saturated carbocycles. The molecular formula is C7H12N2O3. The van der Waals surface area contributed by atoms with Crippen LogP contribution in [0.2, 0.25) is 0 Å². The van der Waals surface area contributed by atoms with Crippen LogP contribution in [0.1, 0.15) is 0 Å². The zero-order chi connectivity index (χ0) is 8.97. The van der Waals surface area contributed by atoms with Crippen molar-refractivity contribution in [3.8, 4) is 0 Å². The first kappa shape index (κ1) is 8.99. The van der Waals surface area contributed by atoms with E-state index in [0.717, 1.165) is 13.1 Å². The highest BCUT2D eigenvalue weighted by molar-refractivity contribution is 5.74. The maximum atomic E-state index is 11.0. The number of hydrogen-bond acceptors (Lipinski definition) is 4. The second-order valence-corrected chi connectivity index (χ2v) is 2.77. The van der Waals surface area contributed by atoms with E-state index in [-0.39, 0.29) is 6.47 Å². The van der Waals surface area contributed by atoms with Crippen molar-refractivity contribution in [3.05, 3.63) is 0 Å². The highest BCUT2D eigenvalue weighted by Gasteiger charge is 2.19. The van der Waals surface area contributed by atoms with Crippen LogP contribution in [0.3, 0.4) is 0 Å². The molecule has 0 aromatic carbocycles. The molecule has 68 valence electrons. The number of rotatable bonds is 1. The molecule has 1 rings (SSSR count). The van der Waals surface area contributed by atoms with Crippen molar-refractivity contribution in [1.29, 1.82) is 0 Å². The van der Waals surface area contributed by atoms with Crippen molar-refractivity contribution >= 4 is 12.6 Å². The van der Waals surface area contributed by atoms with Crippen LogP contribution in [0, 0.1) is 0 Å². The van der Waals surface area contributed by atoms with Gasteiger partial charge in [-0.2, -0.15) is 0 Å². The zero-order valence-corrected chi connectivity index (χ0v) is 7.02. The second-order valence-electron chi connectivity index (χ2n) is 2.77. The first-order valence-corrected chi connectivity index (χ1v) is 3.82. The standard InChI is InChI=1S/C7H12N2O3/c1-8-2-4-9(5-3-8)7(11)12-6-10/h6H,2-5H2,1H3. The van der Waals surface area contributed by atoms with Crippen LogP contribution in [0.15, 0.2) is 0 Å². The van der Waals surface area contributed by atoms with Crippen molar-refractivity contribution in [2.24, 2.45) is 0 Å². The van der Waals surface area contributed by atoms with Crippen molar-refractivity contribution in [2.45, 2.75) is 0 Å². The van der Waals surface area contributed by atoms with E-state index in [1.807, 2.05) is 7.05 Å². The molecule has 0 aromatic rings. The molecule has 1 amide bonds. The molecule has 5 heteroatoms. The molecule has 1 saturated heterocycles. The van der Waals surface area contributed by atoms with Gasteiger partial charge < -0.3 is 14.5 Å². The Kier molecular flexibility index (Phi) is 3.04. The second kappa shape index (κ2) is 4.06. The van der Waals surface area contributed by atoms with Crippen molar-refractivity contribution in [3.63, 3.8) is 0 Å². The van der Waals surface area contributed by atoms with Crippen LogP contribution in [-0.2, 0) is 9.53 Å². The number of nitrogens with zero attached hydrogens (tertiary/aromatic N) is 2. The third-order valence-corrected chi connectivity index (χ3v) is 1.91. The maximum absolute atomic E-state index is 11.0. The van der Waals surface area contributed by atoms with E-state index < -0.39 is 6.09 Å². The Bertz CT molecular complexity index is 175. The van der Waals surface area contributed by atoms with Gasteiger partial charge in [-0.1, -0.05) is 0 Å². The number of carbonyl (C=O) groups is 2. The number of likely N-dealkylation sites (N-methyl/N-ethyl adjacent to an activating group) is 1. The molecule has 1 aliphatic heterocycles. The molecule has 1 fully saturated rings. The smallest absolute Gasteiger partial charge is 0.379 e. The van der Waals surface area contributed by atoms with Gasteiger partial charge in [-0.25, -0.2) is 4.79 Å². The Balaban J connectivity index is 2.33. The van der Waals surface area contributed by atoms with Gasteiger partial charge >= 0.3 is 12.6 Å². The molecule has 0 aliphatic carbocycles. The summed E-state index contributed by atoms with van der Waals surface area (Å²) in [5.41, 5.74) is 0. The summed E-state index contributed by atoms with van der Waals surface area (Å²) in [6.07, 6.45) is -0.543. The van der Waals surface area contributed by atoms with Crippen LogP contribution in [0.4, 0.5) is 4.79 Å². The van der Waals surface area contributed by atoms with E-state index in [1.54, 1.807) is 0 Å². The summed E-state index contributed by atoms with van der Waals surface area (Å²) in [6, 6.07) is 0. The molecule has 0 radical (unpaired) electrons. The lowest BCUT2D eigenvalue weighted by Crippen LogP contribution is -2.47. The van der Waals surface area contributed by atoms with Gasteiger partial charge in [-0.3, -0.25) is 4.79 Å². The Morgan fingerprint density at radius 2 is 1.92 bits per heavy atom. The van der Waals surface area contributed by atoms with Crippen LogP contribution in [-0.4, -0.2) is 55.6 Å². The molecule has 0 spiro atoms. The minimum Gasteiger partial charge on any atom is -0.379 e. The average molecular weight is 172 g/mol. The van der Waals surface area contributed by atoms with Gasteiger partial charge in [-0.05, 0) is 7.05 Å². The molecule has 1 heterocycles. The minimum absolute atomic E-state index is 0.167.